The van der Waals surface area contributed by atoms with Crippen molar-refractivity contribution in [3.8, 4) is 10.6 Å². The van der Waals surface area contributed by atoms with Gasteiger partial charge in [-0.05, 0) is 50.6 Å². The van der Waals surface area contributed by atoms with Crippen molar-refractivity contribution in [2.75, 3.05) is 13.1 Å². The Kier molecular flexibility index (Phi) is 4.65. The topological polar surface area (TPSA) is 72.1 Å². The number of hydrogen-bond donors (Lipinski definition) is 0. The van der Waals surface area contributed by atoms with Gasteiger partial charge < -0.3 is 9.42 Å². The number of carbonyl (C=O) groups excluding carboxylic acids is 1. The molecule has 1 saturated heterocycles. The first kappa shape index (κ1) is 16.4. The molecule has 3 heterocycles. The van der Waals surface area contributed by atoms with E-state index in [9.17, 15) is 4.79 Å². The first-order valence-electron chi connectivity index (χ1n) is 8.92. The number of aryl methyl sites for hydroxylation is 1. The number of carbonyl (C=O) groups is 1. The van der Waals surface area contributed by atoms with E-state index in [0.29, 0.717) is 5.91 Å². The molecule has 4 rings (SSSR count). The minimum absolute atomic E-state index is 0.147. The summed E-state index contributed by atoms with van der Waals surface area (Å²) in [6.07, 6.45) is 9.21. The molecule has 7 heteroatoms. The van der Waals surface area contributed by atoms with E-state index in [4.69, 9.17) is 4.52 Å². The molecule has 0 N–H and O–H groups in total. The molecule has 0 unspecified atom stereocenters. The molecule has 1 aliphatic carbocycles. The number of likely N-dealkylation sites (tertiary alicyclic amines) is 1. The van der Waals surface area contributed by atoms with Crippen LogP contribution in [0.3, 0.4) is 0 Å². The summed E-state index contributed by atoms with van der Waals surface area (Å²) in [6.45, 7) is 3.48. The maximum Gasteiger partial charge on any atom is 0.226 e. The van der Waals surface area contributed by atoms with Crippen molar-refractivity contribution in [3.63, 3.8) is 0 Å². The maximum atomic E-state index is 12.9. The Bertz CT molecular complexity index is 782. The number of aromatic nitrogens is 3. The fraction of sp³-hybridized carbons (Fsp3) is 0.556. The van der Waals surface area contributed by atoms with Crippen molar-refractivity contribution in [2.45, 2.75) is 44.9 Å². The third-order valence-corrected chi connectivity index (χ3v) is 5.86. The lowest BCUT2D eigenvalue weighted by Gasteiger charge is -2.34. The first-order valence-corrected chi connectivity index (χ1v) is 9.69. The van der Waals surface area contributed by atoms with Gasteiger partial charge in [-0.3, -0.25) is 4.79 Å². The number of nitrogens with zero attached hydrogens (tertiary/aromatic N) is 4. The zero-order valence-electron chi connectivity index (χ0n) is 14.4. The Hall–Kier alpha value is -2.02. The lowest BCUT2D eigenvalue weighted by atomic mass is 9.89. The van der Waals surface area contributed by atoms with E-state index in [1.54, 1.807) is 0 Å². The fourth-order valence-electron chi connectivity index (χ4n) is 3.78. The van der Waals surface area contributed by atoms with Crippen molar-refractivity contribution in [1.29, 1.82) is 0 Å². The minimum Gasteiger partial charge on any atom is -0.355 e. The predicted octanol–water partition coefficient (Wildman–Crippen LogP) is 3.56. The van der Waals surface area contributed by atoms with Crippen molar-refractivity contribution in [2.24, 2.45) is 5.92 Å². The fourth-order valence-corrected chi connectivity index (χ4v) is 4.48. The van der Waals surface area contributed by atoms with Crippen LogP contribution in [-0.4, -0.2) is 38.6 Å². The largest absolute Gasteiger partial charge is 0.355 e. The van der Waals surface area contributed by atoms with Gasteiger partial charge in [0.1, 0.15) is 4.88 Å². The number of allylic oxidation sites excluding steroid dienone is 2. The molecule has 2 aliphatic rings. The van der Waals surface area contributed by atoms with Gasteiger partial charge in [0.25, 0.3) is 0 Å². The molecule has 1 fully saturated rings. The molecule has 132 valence electrons. The van der Waals surface area contributed by atoms with E-state index in [2.05, 4.69) is 26.9 Å². The third-order valence-electron chi connectivity index (χ3n) is 5.10. The van der Waals surface area contributed by atoms with Gasteiger partial charge in [0.2, 0.25) is 5.91 Å². The number of amides is 1. The van der Waals surface area contributed by atoms with Crippen LogP contribution in [0.2, 0.25) is 0 Å². The summed E-state index contributed by atoms with van der Waals surface area (Å²) in [4.78, 5) is 15.8. The Balaban J connectivity index is 1.51. The van der Waals surface area contributed by atoms with Gasteiger partial charge in [-0.15, -0.1) is 5.10 Å². The Morgan fingerprint density at radius 3 is 3.04 bits per heavy atom. The molecule has 2 atom stereocenters. The molecular weight excluding hydrogens is 336 g/mol. The molecule has 2 aromatic heterocycles. The number of piperidine rings is 1. The second-order valence-electron chi connectivity index (χ2n) is 6.92. The van der Waals surface area contributed by atoms with Crippen LogP contribution in [-0.2, 0) is 4.79 Å². The van der Waals surface area contributed by atoms with E-state index in [1.807, 2.05) is 17.9 Å². The standard InChI is InChI=1S/C18H22N4O2S/c1-12-10-15(24-20-12)17-16(19-21-25-17)14-8-5-9-22(11-14)18(23)13-6-3-2-4-7-13/h2-3,10,13-14H,4-9,11H2,1H3/t13-,14+/m1/s1. The van der Waals surface area contributed by atoms with Gasteiger partial charge in [-0.1, -0.05) is 21.8 Å². The Morgan fingerprint density at radius 1 is 1.36 bits per heavy atom. The van der Waals surface area contributed by atoms with Gasteiger partial charge in [-0.2, -0.15) is 0 Å². The van der Waals surface area contributed by atoms with E-state index >= 15 is 0 Å². The molecule has 0 saturated carbocycles. The average molecular weight is 358 g/mol. The van der Waals surface area contributed by atoms with Crippen LogP contribution in [0.5, 0.6) is 0 Å². The molecule has 0 bridgehead atoms. The average Bonchev–Trinajstić information content (AvgIpc) is 3.30. The molecular formula is C18H22N4O2S. The molecule has 25 heavy (non-hydrogen) atoms. The smallest absolute Gasteiger partial charge is 0.226 e. The highest BCUT2D eigenvalue weighted by Crippen LogP contribution is 2.36. The van der Waals surface area contributed by atoms with Gasteiger partial charge >= 0.3 is 0 Å². The summed E-state index contributed by atoms with van der Waals surface area (Å²) < 4.78 is 9.54. The third kappa shape index (κ3) is 3.38. The van der Waals surface area contributed by atoms with E-state index < -0.39 is 0 Å². The summed E-state index contributed by atoms with van der Waals surface area (Å²) in [6, 6.07) is 1.92. The first-order chi connectivity index (χ1) is 12.2. The van der Waals surface area contributed by atoms with E-state index in [-0.39, 0.29) is 11.8 Å². The summed E-state index contributed by atoms with van der Waals surface area (Å²) in [7, 11) is 0. The van der Waals surface area contributed by atoms with Crippen LogP contribution in [0.25, 0.3) is 10.6 Å². The maximum absolute atomic E-state index is 12.9. The highest BCUT2D eigenvalue weighted by atomic mass is 32.1. The molecule has 1 amide bonds. The van der Waals surface area contributed by atoms with Crippen LogP contribution in [0.15, 0.2) is 22.7 Å². The second kappa shape index (κ2) is 7.07. The summed E-state index contributed by atoms with van der Waals surface area (Å²) >= 11 is 1.34. The van der Waals surface area contributed by atoms with Crippen LogP contribution in [0, 0.1) is 12.8 Å². The van der Waals surface area contributed by atoms with Crippen LogP contribution in [0.1, 0.15) is 49.4 Å². The lowest BCUT2D eigenvalue weighted by molar-refractivity contribution is -0.137. The number of rotatable bonds is 3. The van der Waals surface area contributed by atoms with Crippen LogP contribution >= 0.6 is 11.5 Å². The van der Waals surface area contributed by atoms with E-state index in [1.165, 1.54) is 11.5 Å². The Labute approximate surface area is 151 Å². The Morgan fingerprint density at radius 2 is 2.28 bits per heavy atom. The SMILES string of the molecule is Cc1cc(-c2snnc2[C@H]2CCCN(C(=O)[C@@H]3CC=CCC3)C2)on1. The molecule has 2 aromatic rings. The normalized spacial score (nSPS) is 23.8. The molecule has 0 radical (unpaired) electrons. The monoisotopic (exact) mass is 358 g/mol. The minimum atomic E-state index is 0.147. The zero-order chi connectivity index (χ0) is 17.2. The predicted molar refractivity (Wildman–Crippen MR) is 95.2 cm³/mol. The van der Waals surface area contributed by atoms with Crippen LogP contribution < -0.4 is 0 Å². The quantitative estimate of drug-likeness (QED) is 0.785. The van der Waals surface area contributed by atoms with Crippen LogP contribution in [0.4, 0.5) is 0 Å². The highest BCUT2D eigenvalue weighted by molar-refractivity contribution is 7.09. The summed E-state index contributed by atoms with van der Waals surface area (Å²) in [5.74, 6) is 1.39. The molecule has 6 nitrogen and oxygen atoms in total. The van der Waals surface area contributed by atoms with Gasteiger partial charge in [0, 0.05) is 31.0 Å². The lowest BCUT2D eigenvalue weighted by Crippen LogP contribution is -2.42. The van der Waals surface area contributed by atoms with E-state index in [0.717, 1.165) is 67.2 Å². The summed E-state index contributed by atoms with van der Waals surface area (Å²) in [5.41, 5.74) is 1.79. The van der Waals surface area contributed by atoms with Crippen molar-refractivity contribution >= 4 is 17.4 Å². The molecule has 1 aliphatic heterocycles. The van der Waals surface area contributed by atoms with Crippen molar-refractivity contribution in [1.82, 2.24) is 19.6 Å². The van der Waals surface area contributed by atoms with Gasteiger partial charge in [0.15, 0.2) is 5.76 Å². The van der Waals surface area contributed by atoms with Gasteiger partial charge in [-0.25, -0.2) is 0 Å². The van der Waals surface area contributed by atoms with Crippen molar-refractivity contribution < 1.29 is 9.32 Å². The number of hydrogen-bond acceptors (Lipinski definition) is 6. The molecule has 0 aromatic carbocycles. The molecule has 0 spiro atoms. The van der Waals surface area contributed by atoms with Gasteiger partial charge in [0.05, 0.1) is 11.4 Å². The second-order valence-corrected chi connectivity index (χ2v) is 7.68. The van der Waals surface area contributed by atoms with Crippen molar-refractivity contribution in [3.05, 3.63) is 29.6 Å². The summed E-state index contributed by atoms with van der Waals surface area (Å²) in [5, 5.41) is 8.33. The zero-order valence-corrected chi connectivity index (χ0v) is 15.2. The highest BCUT2D eigenvalue weighted by Gasteiger charge is 2.32.